The second-order valence-electron chi connectivity index (χ2n) is 8.28. The van der Waals surface area contributed by atoms with Gasteiger partial charge in [-0.15, -0.1) is 11.3 Å². The molecule has 0 unspecified atom stereocenters. The zero-order valence-corrected chi connectivity index (χ0v) is 20.9. The quantitative estimate of drug-likeness (QED) is 0.528. The average molecular weight is 527 g/mol. The molecule has 2 aromatic heterocycles. The minimum absolute atomic E-state index is 0.138. The maximum absolute atomic E-state index is 13.4. The Hall–Kier alpha value is -2.05. The Labute approximate surface area is 208 Å². The van der Waals surface area contributed by atoms with Gasteiger partial charge in [-0.05, 0) is 42.7 Å². The highest BCUT2D eigenvalue weighted by atomic mass is 35.5. The largest absolute Gasteiger partial charge is 0.378 e. The molecule has 12 heteroatoms. The number of morpholine rings is 1. The number of halogens is 1. The molecule has 34 heavy (non-hydrogen) atoms. The molecule has 2 aliphatic rings. The number of likely N-dealkylation sites (tertiary alicyclic amines) is 1. The van der Waals surface area contributed by atoms with Crippen LogP contribution in [-0.2, 0) is 37.2 Å². The molecule has 2 fully saturated rings. The summed E-state index contributed by atoms with van der Waals surface area (Å²) >= 11 is 7.25. The van der Waals surface area contributed by atoms with Crippen molar-refractivity contribution in [3.8, 4) is 0 Å². The summed E-state index contributed by atoms with van der Waals surface area (Å²) in [5, 5.41) is 0. The Balaban J connectivity index is 1.44. The number of rotatable bonds is 9. The number of nitrogens with zero attached hydrogens (tertiary/aromatic N) is 3. The van der Waals surface area contributed by atoms with Crippen LogP contribution >= 0.6 is 22.9 Å². The van der Waals surface area contributed by atoms with E-state index in [2.05, 4.69) is 9.71 Å². The van der Waals surface area contributed by atoms with Crippen molar-refractivity contribution in [1.82, 2.24) is 19.5 Å². The van der Waals surface area contributed by atoms with E-state index in [0.717, 1.165) is 10.4 Å². The van der Waals surface area contributed by atoms with Crippen molar-refractivity contribution in [2.24, 2.45) is 0 Å². The van der Waals surface area contributed by atoms with Crippen LogP contribution in [0.3, 0.4) is 0 Å². The van der Waals surface area contributed by atoms with Gasteiger partial charge in [-0.3, -0.25) is 14.6 Å². The van der Waals surface area contributed by atoms with Crippen LogP contribution in [0.4, 0.5) is 0 Å². The molecular weight excluding hydrogens is 500 g/mol. The molecule has 0 aliphatic carbocycles. The Bertz CT molecular complexity index is 1110. The van der Waals surface area contributed by atoms with Gasteiger partial charge in [-0.25, -0.2) is 13.1 Å². The lowest BCUT2D eigenvalue weighted by atomic mass is 10.0. The molecule has 2 atom stereocenters. The molecule has 1 N–H and O–H groups in total. The van der Waals surface area contributed by atoms with Gasteiger partial charge in [0.1, 0.15) is 12.1 Å². The van der Waals surface area contributed by atoms with Crippen molar-refractivity contribution in [3.63, 3.8) is 0 Å². The number of carbonyl (C=O) groups excluding carboxylic acids is 2. The summed E-state index contributed by atoms with van der Waals surface area (Å²) in [4.78, 5) is 34.8. The monoisotopic (exact) mass is 526 g/mol. The van der Waals surface area contributed by atoms with Crippen molar-refractivity contribution in [1.29, 1.82) is 0 Å². The second kappa shape index (κ2) is 11.1. The maximum Gasteiger partial charge on any atom is 0.245 e. The van der Waals surface area contributed by atoms with E-state index in [9.17, 15) is 18.0 Å². The van der Waals surface area contributed by atoms with Gasteiger partial charge >= 0.3 is 0 Å². The van der Waals surface area contributed by atoms with Gasteiger partial charge in [-0.1, -0.05) is 11.6 Å². The van der Waals surface area contributed by atoms with E-state index >= 15 is 0 Å². The molecule has 4 heterocycles. The molecule has 2 saturated heterocycles. The number of ether oxygens (including phenoxy) is 1. The standard InChI is InChI=1S/C22H27ClN4O5S2/c23-20-2-1-17(33-20)6-14-34(30,31)25-18-5-9-27(21(18)28)19(15-16-3-7-24-8-4-16)22(29)26-10-12-32-13-11-26/h1-4,7-8,18-19,25H,5-6,9-15H2/t18-,19-/m0/s1. The Kier molecular flexibility index (Phi) is 8.20. The molecule has 0 bridgehead atoms. The van der Waals surface area contributed by atoms with Gasteiger partial charge in [0.15, 0.2) is 0 Å². The predicted octanol–water partition coefficient (Wildman–Crippen LogP) is 1.33. The molecule has 184 valence electrons. The zero-order chi connectivity index (χ0) is 24.1. The number of aryl methyl sites for hydroxylation is 1. The summed E-state index contributed by atoms with van der Waals surface area (Å²) in [5.41, 5.74) is 0.882. The summed E-state index contributed by atoms with van der Waals surface area (Å²) in [7, 11) is -3.69. The Morgan fingerprint density at radius 1 is 1.21 bits per heavy atom. The van der Waals surface area contributed by atoms with Crippen LogP contribution in [0.25, 0.3) is 0 Å². The number of sulfonamides is 1. The molecule has 2 aliphatic heterocycles. The van der Waals surface area contributed by atoms with E-state index in [4.69, 9.17) is 16.3 Å². The Morgan fingerprint density at radius 2 is 1.94 bits per heavy atom. The Morgan fingerprint density at radius 3 is 2.62 bits per heavy atom. The van der Waals surface area contributed by atoms with Gasteiger partial charge in [0.2, 0.25) is 21.8 Å². The number of amides is 2. The van der Waals surface area contributed by atoms with Gasteiger partial charge in [0, 0.05) is 43.3 Å². The summed E-state index contributed by atoms with van der Waals surface area (Å²) < 4.78 is 33.8. The van der Waals surface area contributed by atoms with Crippen LogP contribution < -0.4 is 4.72 Å². The number of aromatic nitrogens is 1. The molecule has 2 amide bonds. The predicted molar refractivity (Wildman–Crippen MR) is 129 cm³/mol. The lowest BCUT2D eigenvalue weighted by Gasteiger charge is -2.34. The first-order valence-corrected chi connectivity index (χ1v) is 14.0. The van der Waals surface area contributed by atoms with E-state index in [-0.39, 0.29) is 17.6 Å². The molecule has 2 aromatic rings. The van der Waals surface area contributed by atoms with E-state index in [1.165, 1.54) is 16.2 Å². The van der Waals surface area contributed by atoms with Gasteiger partial charge in [0.25, 0.3) is 0 Å². The lowest BCUT2D eigenvalue weighted by Crippen LogP contribution is -2.54. The average Bonchev–Trinajstić information content (AvgIpc) is 3.42. The van der Waals surface area contributed by atoms with Crippen molar-refractivity contribution in [2.45, 2.75) is 31.3 Å². The normalized spacial score (nSPS) is 20.0. The lowest BCUT2D eigenvalue weighted by molar-refractivity contribution is -0.146. The van der Waals surface area contributed by atoms with E-state index in [1.807, 2.05) is 12.1 Å². The number of hydrogen-bond acceptors (Lipinski definition) is 7. The third-order valence-corrected chi connectivity index (χ3v) is 8.65. The third kappa shape index (κ3) is 6.33. The highest BCUT2D eigenvalue weighted by Crippen LogP contribution is 2.23. The first-order valence-electron chi connectivity index (χ1n) is 11.1. The van der Waals surface area contributed by atoms with Crippen LogP contribution in [0, 0.1) is 0 Å². The molecule has 0 radical (unpaired) electrons. The number of hydrogen-bond donors (Lipinski definition) is 1. The van der Waals surface area contributed by atoms with Crippen LogP contribution in [-0.4, -0.2) is 85.7 Å². The summed E-state index contributed by atoms with van der Waals surface area (Å²) in [6, 6.07) is 5.57. The molecule has 0 saturated carbocycles. The minimum Gasteiger partial charge on any atom is -0.378 e. The van der Waals surface area contributed by atoms with Crippen molar-refractivity contribution in [2.75, 3.05) is 38.6 Å². The van der Waals surface area contributed by atoms with Crippen LogP contribution in [0.5, 0.6) is 0 Å². The summed E-state index contributed by atoms with van der Waals surface area (Å²) in [5.74, 6) is -0.657. The van der Waals surface area contributed by atoms with E-state index in [0.29, 0.717) is 56.4 Å². The smallest absolute Gasteiger partial charge is 0.245 e. The van der Waals surface area contributed by atoms with E-state index < -0.39 is 22.1 Å². The fraction of sp³-hybridized carbons (Fsp3) is 0.500. The zero-order valence-electron chi connectivity index (χ0n) is 18.6. The first kappa shape index (κ1) is 25.1. The van der Waals surface area contributed by atoms with Crippen LogP contribution in [0.1, 0.15) is 16.9 Å². The van der Waals surface area contributed by atoms with Gasteiger partial charge in [0.05, 0.1) is 23.3 Å². The third-order valence-electron chi connectivity index (χ3n) is 5.97. The molecule has 0 spiro atoms. The topological polar surface area (TPSA) is 109 Å². The van der Waals surface area contributed by atoms with Gasteiger partial charge in [-0.2, -0.15) is 0 Å². The highest BCUT2D eigenvalue weighted by Gasteiger charge is 2.41. The molecular formula is C22H27ClN4O5S2. The van der Waals surface area contributed by atoms with Crippen molar-refractivity contribution in [3.05, 3.63) is 51.4 Å². The number of thiophene rings is 1. The number of carbonyl (C=O) groups is 2. The van der Waals surface area contributed by atoms with Crippen LogP contribution in [0.2, 0.25) is 4.34 Å². The van der Waals surface area contributed by atoms with Crippen LogP contribution in [0.15, 0.2) is 36.7 Å². The van der Waals surface area contributed by atoms with Crippen molar-refractivity contribution < 1.29 is 22.7 Å². The highest BCUT2D eigenvalue weighted by molar-refractivity contribution is 7.89. The fourth-order valence-electron chi connectivity index (χ4n) is 4.18. The molecule has 0 aromatic carbocycles. The number of pyridine rings is 1. The molecule has 4 rings (SSSR count). The van der Waals surface area contributed by atoms with E-state index in [1.54, 1.807) is 29.4 Å². The number of nitrogens with one attached hydrogen (secondary N) is 1. The summed E-state index contributed by atoms with van der Waals surface area (Å²) in [6.45, 7) is 2.16. The second-order valence-corrected chi connectivity index (χ2v) is 12.0. The first-order chi connectivity index (χ1) is 16.3. The van der Waals surface area contributed by atoms with Gasteiger partial charge < -0.3 is 14.5 Å². The van der Waals surface area contributed by atoms with Crippen molar-refractivity contribution >= 4 is 44.8 Å². The molecule has 9 nitrogen and oxygen atoms in total. The maximum atomic E-state index is 13.4. The fourth-order valence-corrected chi connectivity index (χ4v) is 6.66. The summed E-state index contributed by atoms with van der Waals surface area (Å²) in [6.07, 6.45) is 4.26. The SMILES string of the molecule is O=C([C@H](Cc1ccncc1)N1CC[C@H](NS(=O)(=O)CCc2ccc(Cl)s2)C1=O)N1CCOCC1. The minimum atomic E-state index is -3.69.